The van der Waals surface area contributed by atoms with Crippen molar-refractivity contribution in [3.05, 3.63) is 88.4 Å². The maximum atomic E-state index is 13.6. The molecule has 0 saturated heterocycles. The molecule has 0 radical (unpaired) electrons. The summed E-state index contributed by atoms with van der Waals surface area (Å²) < 4.78 is 38.8. The standard InChI is InChI=1S/C25H22Cl2N2O6S/c1-34-25(31)23-15-29(21-7-2-3-8-22(21)35-23)24(30)16-28(14-17-5-4-6-19(27)13-17)36(32,33)20-11-9-18(26)10-12-20/h2-13,23H,14-16H2,1H3/t23-/m0/s1. The highest BCUT2D eigenvalue weighted by Crippen LogP contribution is 2.34. The number of nitrogens with zero attached hydrogens (tertiary/aromatic N) is 2. The lowest BCUT2D eigenvalue weighted by Crippen LogP contribution is -2.50. The molecule has 1 heterocycles. The molecule has 8 nitrogen and oxygen atoms in total. The quantitative estimate of drug-likeness (QED) is 0.411. The molecule has 3 aromatic carbocycles. The van der Waals surface area contributed by atoms with Crippen molar-refractivity contribution in [1.29, 1.82) is 0 Å². The molecule has 0 aromatic heterocycles. The van der Waals surface area contributed by atoms with Crippen molar-refractivity contribution in [3.63, 3.8) is 0 Å². The molecule has 3 aromatic rings. The number of para-hydroxylation sites is 2. The van der Waals surface area contributed by atoms with E-state index in [0.29, 0.717) is 27.0 Å². The van der Waals surface area contributed by atoms with Crippen LogP contribution in [0.15, 0.2) is 77.7 Å². The molecule has 0 aliphatic carbocycles. The molecule has 0 fully saturated rings. The van der Waals surface area contributed by atoms with Crippen molar-refractivity contribution in [2.75, 3.05) is 25.1 Å². The first kappa shape index (κ1) is 26.0. The molecule has 11 heteroatoms. The number of carbonyl (C=O) groups excluding carboxylic acids is 2. The molecule has 36 heavy (non-hydrogen) atoms. The Hall–Kier alpha value is -3.11. The molecule has 0 saturated carbocycles. The van der Waals surface area contributed by atoms with Crippen LogP contribution in [0.3, 0.4) is 0 Å². The minimum absolute atomic E-state index is 0.0171. The van der Waals surface area contributed by atoms with Crippen LogP contribution in [0.5, 0.6) is 5.75 Å². The Morgan fingerprint density at radius 1 is 1.03 bits per heavy atom. The lowest BCUT2D eigenvalue weighted by atomic mass is 10.2. The van der Waals surface area contributed by atoms with Crippen molar-refractivity contribution in [1.82, 2.24) is 4.31 Å². The predicted molar refractivity (Wildman–Crippen MR) is 136 cm³/mol. The summed E-state index contributed by atoms with van der Waals surface area (Å²) in [5.41, 5.74) is 1.02. The van der Waals surface area contributed by atoms with Gasteiger partial charge in [-0.3, -0.25) is 4.79 Å². The molecule has 0 unspecified atom stereocenters. The number of amides is 1. The lowest BCUT2D eigenvalue weighted by Gasteiger charge is -2.34. The van der Waals surface area contributed by atoms with Crippen molar-refractivity contribution in [2.24, 2.45) is 0 Å². The molecule has 0 N–H and O–H groups in total. The van der Waals surface area contributed by atoms with Gasteiger partial charge in [0.05, 0.1) is 30.8 Å². The minimum Gasteiger partial charge on any atom is -0.475 e. The number of methoxy groups -OCH3 is 1. The Morgan fingerprint density at radius 3 is 2.44 bits per heavy atom. The summed E-state index contributed by atoms with van der Waals surface area (Å²) in [6, 6.07) is 19.1. The van der Waals surface area contributed by atoms with Crippen LogP contribution in [0.2, 0.25) is 10.0 Å². The minimum atomic E-state index is -4.11. The van der Waals surface area contributed by atoms with Crippen LogP contribution in [0.25, 0.3) is 0 Å². The normalized spacial score (nSPS) is 15.2. The number of halogens is 2. The Balaban J connectivity index is 1.69. The molecule has 0 bridgehead atoms. The van der Waals surface area contributed by atoms with Gasteiger partial charge in [0.2, 0.25) is 22.0 Å². The van der Waals surface area contributed by atoms with Crippen LogP contribution < -0.4 is 9.64 Å². The topological polar surface area (TPSA) is 93.2 Å². The van der Waals surface area contributed by atoms with Crippen molar-refractivity contribution in [3.8, 4) is 5.75 Å². The lowest BCUT2D eigenvalue weighted by molar-refractivity contribution is -0.148. The Morgan fingerprint density at radius 2 is 1.75 bits per heavy atom. The van der Waals surface area contributed by atoms with Crippen LogP contribution in [0.4, 0.5) is 5.69 Å². The summed E-state index contributed by atoms with van der Waals surface area (Å²) in [5, 5.41) is 0.816. The van der Waals surface area contributed by atoms with Crippen LogP contribution in [-0.4, -0.2) is 50.9 Å². The third-order valence-corrected chi connectivity index (χ3v) is 7.84. The highest BCUT2D eigenvalue weighted by Gasteiger charge is 2.36. The van der Waals surface area contributed by atoms with Gasteiger partial charge in [0.1, 0.15) is 5.75 Å². The number of benzene rings is 3. The second-order valence-corrected chi connectivity index (χ2v) is 10.8. The van der Waals surface area contributed by atoms with E-state index in [1.165, 1.54) is 36.3 Å². The van der Waals surface area contributed by atoms with E-state index in [0.717, 1.165) is 4.31 Å². The molecule has 188 valence electrons. The SMILES string of the molecule is COC(=O)[C@@H]1CN(C(=O)CN(Cc2cccc(Cl)c2)S(=O)(=O)c2ccc(Cl)cc2)c2ccccc2O1. The summed E-state index contributed by atoms with van der Waals surface area (Å²) in [6.07, 6.45) is -1.05. The van der Waals surface area contributed by atoms with Gasteiger partial charge in [-0.15, -0.1) is 0 Å². The third kappa shape index (κ3) is 5.65. The number of sulfonamides is 1. The van der Waals surface area contributed by atoms with Gasteiger partial charge in [-0.1, -0.05) is 47.5 Å². The van der Waals surface area contributed by atoms with Gasteiger partial charge in [0.25, 0.3) is 0 Å². The van der Waals surface area contributed by atoms with Crippen LogP contribution in [0.1, 0.15) is 5.56 Å². The van der Waals surface area contributed by atoms with Crippen molar-refractivity contribution >= 4 is 50.8 Å². The molecule has 1 atom stereocenters. The molecule has 0 spiro atoms. The van der Waals surface area contributed by atoms with E-state index in [2.05, 4.69) is 0 Å². The van der Waals surface area contributed by atoms with E-state index in [-0.39, 0.29) is 18.0 Å². The zero-order valence-electron chi connectivity index (χ0n) is 19.1. The van der Waals surface area contributed by atoms with E-state index in [1.807, 2.05) is 0 Å². The zero-order valence-corrected chi connectivity index (χ0v) is 21.5. The number of esters is 1. The molecular formula is C25H22Cl2N2O6S. The van der Waals surface area contributed by atoms with E-state index >= 15 is 0 Å². The van der Waals surface area contributed by atoms with Gasteiger partial charge in [-0.25, -0.2) is 13.2 Å². The average Bonchev–Trinajstić information content (AvgIpc) is 2.87. The van der Waals surface area contributed by atoms with Crippen LogP contribution in [0, 0.1) is 0 Å². The molecule has 1 aliphatic rings. The number of anilines is 1. The summed E-state index contributed by atoms with van der Waals surface area (Å²) >= 11 is 12.0. The molecule has 1 amide bonds. The third-order valence-electron chi connectivity index (χ3n) is 5.55. The van der Waals surface area contributed by atoms with Crippen molar-refractivity contribution in [2.45, 2.75) is 17.5 Å². The Labute approximate surface area is 219 Å². The summed E-state index contributed by atoms with van der Waals surface area (Å²) in [6.45, 7) is -0.738. The highest BCUT2D eigenvalue weighted by molar-refractivity contribution is 7.89. The second kappa shape index (κ2) is 10.9. The first-order valence-electron chi connectivity index (χ1n) is 10.8. The van der Waals surface area contributed by atoms with E-state index < -0.39 is 34.5 Å². The van der Waals surface area contributed by atoms with E-state index in [1.54, 1.807) is 48.5 Å². The number of rotatable bonds is 7. The number of hydrogen-bond donors (Lipinski definition) is 0. The van der Waals surface area contributed by atoms with Crippen LogP contribution >= 0.6 is 23.2 Å². The number of hydrogen-bond acceptors (Lipinski definition) is 6. The first-order chi connectivity index (χ1) is 17.2. The predicted octanol–water partition coefficient (Wildman–Crippen LogP) is 4.15. The van der Waals surface area contributed by atoms with Gasteiger partial charge < -0.3 is 14.4 Å². The largest absolute Gasteiger partial charge is 0.475 e. The number of carbonyl (C=O) groups is 2. The Kier molecular flexibility index (Phi) is 7.85. The second-order valence-electron chi connectivity index (χ2n) is 7.96. The molecule has 1 aliphatic heterocycles. The van der Waals surface area contributed by atoms with E-state index in [9.17, 15) is 18.0 Å². The first-order valence-corrected chi connectivity index (χ1v) is 13.0. The van der Waals surface area contributed by atoms with Crippen LogP contribution in [-0.2, 0) is 30.9 Å². The maximum Gasteiger partial charge on any atom is 0.348 e. The average molecular weight is 549 g/mol. The fourth-order valence-corrected chi connectivity index (χ4v) is 5.50. The fourth-order valence-electron chi connectivity index (χ4n) is 3.78. The monoisotopic (exact) mass is 548 g/mol. The van der Waals surface area contributed by atoms with Gasteiger partial charge in [0, 0.05) is 16.6 Å². The number of fused-ring (bicyclic) bond motifs is 1. The van der Waals surface area contributed by atoms with Gasteiger partial charge in [-0.2, -0.15) is 4.31 Å². The van der Waals surface area contributed by atoms with Crippen molar-refractivity contribution < 1.29 is 27.5 Å². The van der Waals surface area contributed by atoms with Gasteiger partial charge in [0.15, 0.2) is 0 Å². The molecular weight excluding hydrogens is 527 g/mol. The zero-order chi connectivity index (χ0) is 25.9. The van der Waals surface area contributed by atoms with E-state index in [4.69, 9.17) is 32.7 Å². The summed E-state index contributed by atoms with van der Waals surface area (Å²) in [7, 11) is -2.89. The number of ether oxygens (including phenoxy) is 2. The highest BCUT2D eigenvalue weighted by atomic mass is 35.5. The molecule has 4 rings (SSSR count). The summed E-state index contributed by atoms with van der Waals surface area (Å²) in [5.74, 6) is -0.874. The fraction of sp³-hybridized carbons (Fsp3) is 0.200. The van der Waals surface area contributed by atoms with Gasteiger partial charge in [-0.05, 0) is 54.1 Å². The Bertz CT molecular complexity index is 1380. The summed E-state index contributed by atoms with van der Waals surface area (Å²) in [4.78, 5) is 27.1. The maximum absolute atomic E-state index is 13.6. The smallest absolute Gasteiger partial charge is 0.348 e. The van der Waals surface area contributed by atoms with Gasteiger partial charge >= 0.3 is 5.97 Å².